The van der Waals surface area contributed by atoms with Gasteiger partial charge in [-0.05, 0) is 38.5 Å². The van der Waals surface area contributed by atoms with Crippen LogP contribution in [0.1, 0.15) is 32.4 Å². The molecule has 1 rings (SSSR count). The quantitative estimate of drug-likeness (QED) is 0.776. The summed E-state index contributed by atoms with van der Waals surface area (Å²) >= 11 is 0. The van der Waals surface area contributed by atoms with E-state index in [9.17, 15) is 22.9 Å². The van der Waals surface area contributed by atoms with E-state index in [4.69, 9.17) is 5.11 Å². The van der Waals surface area contributed by atoms with Crippen molar-refractivity contribution in [2.24, 2.45) is 0 Å². The van der Waals surface area contributed by atoms with Crippen molar-refractivity contribution in [3.05, 3.63) is 29.8 Å². The van der Waals surface area contributed by atoms with E-state index >= 15 is 0 Å². The number of hydrogen-bond donors (Lipinski definition) is 3. The smallest absolute Gasteiger partial charge is 0.376 e. The van der Waals surface area contributed by atoms with Gasteiger partial charge < -0.3 is 10.2 Å². The summed E-state index contributed by atoms with van der Waals surface area (Å²) < 4.78 is 41.1. The third-order valence-corrected chi connectivity index (χ3v) is 4.22. The summed E-state index contributed by atoms with van der Waals surface area (Å²) in [5.74, 6) is -6.62. The largest absolute Gasteiger partial charge is 0.508 e. The van der Waals surface area contributed by atoms with Crippen LogP contribution < -0.4 is 4.72 Å². The SMILES string of the molecule is CC(C)(C)[S@](=O)N[C@H](c1ccc(O)cc1)C(F)(F)C(=O)O. The molecular weight excluding hydrogens is 304 g/mol. The van der Waals surface area contributed by atoms with Gasteiger partial charge >= 0.3 is 11.9 Å². The normalized spacial score (nSPS) is 15.5. The van der Waals surface area contributed by atoms with Gasteiger partial charge in [-0.25, -0.2) is 13.7 Å². The Labute approximate surface area is 123 Å². The number of nitrogens with one attached hydrogen (secondary N) is 1. The van der Waals surface area contributed by atoms with Crippen molar-refractivity contribution >= 4 is 17.0 Å². The van der Waals surface area contributed by atoms with Crippen LogP contribution in [0.5, 0.6) is 5.75 Å². The van der Waals surface area contributed by atoms with Crippen molar-refractivity contribution in [2.45, 2.75) is 37.5 Å². The first kappa shape index (κ1) is 17.5. The Morgan fingerprint density at radius 3 is 2.10 bits per heavy atom. The molecule has 0 heterocycles. The zero-order valence-electron chi connectivity index (χ0n) is 11.8. The number of aliphatic carboxylic acids is 1. The van der Waals surface area contributed by atoms with Crippen LogP contribution in [0, 0.1) is 0 Å². The molecule has 21 heavy (non-hydrogen) atoms. The number of phenols is 1. The van der Waals surface area contributed by atoms with Gasteiger partial charge in [-0.15, -0.1) is 0 Å². The summed E-state index contributed by atoms with van der Waals surface area (Å²) in [4.78, 5) is 10.8. The molecule has 0 aromatic heterocycles. The molecular formula is C13H17F2NO4S. The van der Waals surface area contributed by atoms with Gasteiger partial charge in [0.1, 0.15) is 11.8 Å². The van der Waals surface area contributed by atoms with Crippen LogP contribution in [-0.4, -0.2) is 31.1 Å². The second-order valence-corrected chi connectivity index (χ2v) is 7.45. The fraction of sp³-hybridized carbons (Fsp3) is 0.462. The standard InChI is InChI=1S/C13H17F2NO4S/c1-12(2,3)21(20)16-10(13(14,15)11(18)19)8-4-6-9(17)7-5-8/h4-7,10,16-17H,1-3H3,(H,18,19)/t10-,21+/m1/s1. The van der Waals surface area contributed by atoms with Gasteiger partial charge in [0, 0.05) is 0 Å². The van der Waals surface area contributed by atoms with E-state index in [1.807, 2.05) is 0 Å². The average Bonchev–Trinajstić information content (AvgIpc) is 2.35. The number of benzene rings is 1. The van der Waals surface area contributed by atoms with Crippen molar-refractivity contribution < 1.29 is 28.0 Å². The summed E-state index contributed by atoms with van der Waals surface area (Å²) in [5, 5.41) is 17.9. The van der Waals surface area contributed by atoms with Crippen molar-refractivity contribution in [3.63, 3.8) is 0 Å². The van der Waals surface area contributed by atoms with E-state index in [-0.39, 0.29) is 11.3 Å². The number of aromatic hydroxyl groups is 1. The van der Waals surface area contributed by atoms with E-state index in [0.717, 1.165) is 24.3 Å². The maximum Gasteiger partial charge on any atom is 0.376 e. The van der Waals surface area contributed by atoms with Gasteiger partial charge in [0.05, 0.1) is 15.7 Å². The number of hydrogen-bond acceptors (Lipinski definition) is 3. The van der Waals surface area contributed by atoms with Crippen molar-refractivity contribution in [3.8, 4) is 5.75 Å². The highest BCUT2D eigenvalue weighted by Gasteiger charge is 2.49. The van der Waals surface area contributed by atoms with Gasteiger partial charge in [0.2, 0.25) is 0 Å². The van der Waals surface area contributed by atoms with Crippen molar-refractivity contribution in [1.29, 1.82) is 0 Å². The van der Waals surface area contributed by atoms with E-state index in [0.29, 0.717) is 0 Å². The van der Waals surface area contributed by atoms with Crippen molar-refractivity contribution in [2.75, 3.05) is 0 Å². The second kappa shape index (κ2) is 6.07. The average molecular weight is 321 g/mol. The van der Waals surface area contributed by atoms with Crippen LogP contribution in [0.15, 0.2) is 24.3 Å². The van der Waals surface area contributed by atoms with Crippen molar-refractivity contribution in [1.82, 2.24) is 4.72 Å². The fourth-order valence-electron chi connectivity index (χ4n) is 1.43. The molecule has 0 aliphatic rings. The molecule has 0 spiro atoms. The number of alkyl halides is 2. The fourth-order valence-corrected chi connectivity index (χ4v) is 2.28. The minimum Gasteiger partial charge on any atom is -0.508 e. The number of phenolic OH excluding ortho intramolecular Hbond substituents is 1. The summed E-state index contributed by atoms with van der Waals surface area (Å²) in [5.41, 5.74) is -0.0854. The molecule has 1 aromatic carbocycles. The Balaban J connectivity index is 3.21. The molecule has 3 N–H and O–H groups in total. The van der Waals surface area contributed by atoms with Crippen LogP contribution in [0.4, 0.5) is 8.78 Å². The molecule has 0 aliphatic heterocycles. The highest BCUT2D eigenvalue weighted by molar-refractivity contribution is 7.84. The predicted molar refractivity (Wildman–Crippen MR) is 74.5 cm³/mol. The number of halogens is 2. The van der Waals surface area contributed by atoms with Gasteiger partial charge in [0.25, 0.3) is 0 Å². The number of carboxylic acids is 1. The minimum atomic E-state index is -4.15. The lowest BCUT2D eigenvalue weighted by molar-refractivity contribution is -0.168. The molecule has 0 unspecified atom stereocenters. The second-order valence-electron chi connectivity index (χ2n) is 5.45. The van der Waals surface area contributed by atoms with Crippen LogP contribution in [0.3, 0.4) is 0 Å². The number of carboxylic acid groups (broad SMARTS) is 1. The third-order valence-electron chi connectivity index (χ3n) is 2.66. The first-order valence-electron chi connectivity index (χ1n) is 6.04. The Morgan fingerprint density at radius 1 is 1.24 bits per heavy atom. The predicted octanol–water partition coefficient (Wildman–Crippen LogP) is 2.20. The van der Waals surface area contributed by atoms with Gasteiger partial charge in [-0.3, -0.25) is 0 Å². The number of rotatable bonds is 5. The third kappa shape index (κ3) is 4.21. The van der Waals surface area contributed by atoms with Crippen LogP contribution in [0.2, 0.25) is 0 Å². The number of carbonyl (C=O) groups is 1. The van der Waals surface area contributed by atoms with E-state index < -0.39 is 33.7 Å². The Bertz CT molecular complexity index is 540. The topological polar surface area (TPSA) is 86.6 Å². The van der Waals surface area contributed by atoms with E-state index in [1.54, 1.807) is 20.8 Å². The summed E-state index contributed by atoms with van der Waals surface area (Å²) in [6.07, 6.45) is 0. The first-order chi connectivity index (χ1) is 9.46. The molecule has 0 radical (unpaired) electrons. The highest BCUT2D eigenvalue weighted by Crippen LogP contribution is 2.33. The van der Waals surface area contributed by atoms with Gasteiger partial charge in [0.15, 0.2) is 0 Å². The Hall–Kier alpha value is -1.54. The van der Waals surface area contributed by atoms with Crippen LogP contribution in [0.25, 0.3) is 0 Å². The monoisotopic (exact) mass is 321 g/mol. The molecule has 0 bridgehead atoms. The zero-order chi connectivity index (χ0) is 16.4. The van der Waals surface area contributed by atoms with Gasteiger partial charge in [-0.2, -0.15) is 8.78 Å². The van der Waals surface area contributed by atoms with Gasteiger partial charge in [-0.1, -0.05) is 12.1 Å². The van der Waals surface area contributed by atoms with E-state index in [2.05, 4.69) is 4.72 Å². The molecule has 0 aliphatic carbocycles. The Kier molecular flexibility index (Phi) is 5.06. The molecule has 0 saturated carbocycles. The molecule has 8 heteroatoms. The lowest BCUT2D eigenvalue weighted by Gasteiger charge is -2.28. The first-order valence-corrected chi connectivity index (χ1v) is 7.19. The molecule has 2 atom stereocenters. The van der Waals surface area contributed by atoms with E-state index in [1.165, 1.54) is 0 Å². The van der Waals surface area contributed by atoms with Crippen LogP contribution in [-0.2, 0) is 15.8 Å². The summed E-state index contributed by atoms with van der Waals surface area (Å²) in [7, 11) is -1.89. The molecule has 0 saturated heterocycles. The maximum atomic E-state index is 13.9. The Morgan fingerprint density at radius 2 is 1.71 bits per heavy atom. The zero-order valence-corrected chi connectivity index (χ0v) is 12.6. The highest BCUT2D eigenvalue weighted by atomic mass is 32.2. The minimum absolute atomic E-state index is 0.0854. The maximum absolute atomic E-state index is 13.9. The molecule has 0 amide bonds. The molecule has 118 valence electrons. The molecule has 0 fully saturated rings. The molecule has 5 nitrogen and oxygen atoms in total. The lowest BCUT2D eigenvalue weighted by Crippen LogP contribution is -2.47. The lowest BCUT2D eigenvalue weighted by atomic mass is 10.0. The molecule has 1 aromatic rings. The summed E-state index contributed by atoms with van der Waals surface area (Å²) in [6.45, 7) is 4.72. The van der Waals surface area contributed by atoms with Crippen LogP contribution >= 0.6 is 0 Å². The summed E-state index contributed by atoms with van der Waals surface area (Å²) in [6, 6.07) is 2.65.